The van der Waals surface area contributed by atoms with E-state index in [2.05, 4.69) is 24.3 Å². The van der Waals surface area contributed by atoms with Gasteiger partial charge in [0.25, 0.3) is 0 Å². The van der Waals surface area contributed by atoms with Crippen LogP contribution in [0, 0.1) is 6.92 Å². The van der Waals surface area contributed by atoms with Gasteiger partial charge in [0.15, 0.2) is 5.78 Å². The van der Waals surface area contributed by atoms with Crippen LogP contribution in [0.5, 0.6) is 0 Å². The molecule has 3 rings (SSSR count). The van der Waals surface area contributed by atoms with Gasteiger partial charge < -0.3 is 0 Å². The molecule has 0 bridgehead atoms. The Kier molecular flexibility index (Phi) is 2.54. The average molecular weight is 240 g/mol. The summed E-state index contributed by atoms with van der Waals surface area (Å²) in [7, 11) is 0. The Morgan fingerprint density at radius 3 is 2.72 bits per heavy atom. The van der Waals surface area contributed by atoms with Gasteiger partial charge in [0, 0.05) is 30.3 Å². The number of hydrogen-bond acceptors (Lipinski definition) is 2. The number of fused-ring (bicyclic) bond motifs is 1. The minimum Gasteiger partial charge on any atom is -0.294 e. The molecule has 1 aromatic heterocycles. The van der Waals surface area contributed by atoms with Crippen LogP contribution in [-0.2, 0) is 13.0 Å². The van der Waals surface area contributed by atoms with Crippen LogP contribution in [0.2, 0.25) is 0 Å². The quantitative estimate of drug-likeness (QED) is 0.808. The molecule has 3 nitrogen and oxygen atoms in total. The number of nitrogens with zero attached hydrogens (tertiary/aromatic N) is 2. The van der Waals surface area contributed by atoms with Crippen molar-refractivity contribution in [3.8, 4) is 11.1 Å². The summed E-state index contributed by atoms with van der Waals surface area (Å²) in [6.07, 6.45) is 3.59. The molecule has 0 radical (unpaired) electrons. The molecule has 0 spiro atoms. The minimum atomic E-state index is 0.271. The Hall–Kier alpha value is -1.90. The second-order valence-electron chi connectivity index (χ2n) is 4.74. The van der Waals surface area contributed by atoms with Gasteiger partial charge in [0.1, 0.15) is 0 Å². The molecule has 0 N–H and O–H groups in total. The molecule has 0 saturated carbocycles. The Morgan fingerprint density at radius 2 is 2.00 bits per heavy atom. The summed E-state index contributed by atoms with van der Waals surface area (Å²) in [5.74, 6) is 0.271. The van der Waals surface area contributed by atoms with E-state index >= 15 is 0 Å². The van der Waals surface area contributed by atoms with E-state index in [4.69, 9.17) is 0 Å². The summed E-state index contributed by atoms with van der Waals surface area (Å²) in [6.45, 7) is 4.97. The lowest BCUT2D eigenvalue weighted by molar-refractivity contribution is 0.0994. The van der Waals surface area contributed by atoms with E-state index < -0.39 is 0 Å². The molecule has 2 aromatic rings. The molecule has 0 atom stereocenters. The Labute approximate surface area is 106 Å². The third-order valence-corrected chi connectivity index (χ3v) is 3.64. The van der Waals surface area contributed by atoms with Crippen molar-refractivity contribution >= 4 is 5.78 Å². The zero-order valence-electron chi connectivity index (χ0n) is 10.7. The molecule has 18 heavy (non-hydrogen) atoms. The van der Waals surface area contributed by atoms with Crippen molar-refractivity contribution in [3.63, 3.8) is 0 Å². The smallest absolute Gasteiger partial charge is 0.163 e. The van der Waals surface area contributed by atoms with Crippen molar-refractivity contribution in [1.82, 2.24) is 9.78 Å². The highest BCUT2D eigenvalue weighted by molar-refractivity contribution is 6.02. The second-order valence-corrected chi connectivity index (χ2v) is 4.74. The van der Waals surface area contributed by atoms with Crippen molar-refractivity contribution in [2.75, 3.05) is 0 Å². The molecule has 0 saturated heterocycles. The number of Topliss-reactive ketones (excluding diaryl/α,β-unsaturated/α-hetero) is 1. The first kappa shape index (κ1) is 11.2. The molecule has 3 heteroatoms. The highest BCUT2D eigenvalue weighted by atomic mass is 16.1. The lowest BCUT2D eigenvalue weighted by Crippen LogP contribution is -1.93. The summed E-state index contributed by atoms with van der Waals surface area (Å²) in [5.41, 5.74) is 5.46. The maximum absolute atomic E-state index is 11.8. The number of hydrogen-bond donors (Lipinski definition) is 0. The number of benzene rings is 1. The number of rotatable bonds is 2. The number of aromatic nitrogens is 2. The van der Waals surface area contributed by atoms with E-state index in [1.165, 1.54) is 11.1 Å². The first-order valence-corrected chi connectivity index (χ1v) is 6.40. The fraction of sp³-hybridized carbons (Fsp3) is 0.333. The van der Waals surface area contributed by atoms with Crippen LogP contribution in [0.15, 0.2) is 24.4 Å². The first-order chi connectivity index (χ1) is 8.70. The zero-order valence-corrected chi connectivity index (χ0v) is 10.7. The summed E-state index contributed by atoms with van der Waals surface area (Å²) in [5, 5.41) is 4.48. The fourth-order valence-electron chi connectivity index (χ4n) is 2.69. The number of aryl methyl sites for hydroxylation is 2. The van der Waals surface area contributed by atoms with Crippen LogP contribution in [0.3, 0.4) is 0 Å². The monoisotopic (exact) mass is 240 g/mol. The lowest BCUT2D eigenvalue weighted by Gasteiger charge is -2.06. The van der Waals surface area contributed by atoms with E-state index in [-0.39, 0.29) is 5.78 Å². The SMILES string of the molecule is CCn1cc(-c2cccc3c2CCC3=O)c(C)n1. The van der Waals surface area contributed by atoms with Gasteiger partial charge in [-0.1, -0.05) is 18.2 Å². The van der Waals surface area contributed by atoms with E-state index in [0.717, 1.165) is 29.8 Å². The van der Waals surface area contributed by atoms with Crippen LogP contribution in [0.1, 0.15) is 35.0 Å². The van der Waals surface area contributed by atoms with Crippen LogP contribution in [-0.4, -0.2) is 15.6 Å². The standard InChI is InChI=1S/C15H16N2O/c1-3-17-9-14(10(2)16-17)11-5-4-6-13-12(11)7-8-15(13)18/h4-6,9H,3,7-8H2,1-2H3. The van der Waals surface area contributed by atoms with Crippen molar-refractivity contribution in [2.45, 2.75) is 33.2 Å². The Balaban J connectivity index is 2.18. The van der Waals surface area contributed by atoms with Gasteiger partial charge in [-0.15, -0.1) is 0 Å². The van der Waals surface area contributed by atoms with Crippen molar-refractivity contribution < 1.29 is 4.79 Å². The van der Waals surface area contributed by atoms with E-state index in [1.54, 1.807) is 0 Å². The van der Waals surface area contributed by atoms with Gasteiger partial charge in [-0.3, -0.25) is 9.48 Å². The van der Waals surface area contributed by atoms with Gasteiger partial charge in [-0.25, -0.2) is 0 Å². The molecular formula is C15H16N2O. The van der Waals surface area contributed by atoms with Crippen LogP contribution in [0.4, 0.5) is 0 Å². The van der Waals surface area contributed by atoms with E-state index in [9.17, 15) is 4.79 Å². The van der Waals surface area contributed by atoms with Gasteiger partial charge in [-0.05, 0) is 31.4 Å². The number of carbonyl (C=O) groups is 1. The van der Waals surface area contributed by atoms with Gasteiger partial charge in [-0.2, -0.15) is 5.10 Å². The Morgan fingerprint density at radius 1 is 1.22 bits per heavy atom. The number of ketones is 1. The molecule has 0 aliphatic heterocycles. The molecule has 1 aromatic carbocycles. The van der Waals surface area contributed by atoms with Crippen LogP contribution in [0.25, 0.3) is 11.1 Å². The summed E-state index contributed by atoms with van der Waals surface area (Å²) in [6, 6.07) is 6.01. The number of carbonyl (C=O) groups excluding carboxylic acids is 1. The lowest BCUT2D eigenvalue weighted by atomic mass is 9.97. The summed E-state index contributed by atoms with van der Waals surface area (Å²) < 4.78 is 1.95. The van der Waals surface area contributed by atoms with Crippen LogP contribution < -0.4 is 0 Å². The minimum absolute atomic E-state index is 0.271. The third kappa shape index (κ3) is 1.58. The molecule has 1 aliphatic carbocycles. The topological polar surface area (TPSA) is 34.9 Å². The van der Waals surface area contributed by atoms with Gasteiger partial charge in [0.2, 0.25) is 0 Å². The summed E-state index contributed by atoms with van der Waals surface area (Å²) in [4.78, 5) is 11.8. The predicted molar refractivity (Wildman–Crippen MR) is 70.7 cm³/mol. The van der Waals surface area contributed by atoms with Crippen molar-refractivity contribution in [3.05, 3.63) is 41.2 Å². The molecular weight excluding hydrogens is 224 g/mol. The average Bonchev–Trinajstić information content (AvgIpc) is 2.93. The predicted octanol–water partition coefficient (Wildman–Crippen LogP) is 3.01. The molecule has 0 unspecified atom stereocenters. The normalized spacial score (nSPS) is 14.0. The fourth-order valence-corrected chi connectivity index (χ4v) is 2.69. The van der Waals surface area contributed by atoms with Crippen molar-refractivity contribution in [2.24, 2.45) is 0 Å². The molecule has 1 aliphatic rings. The van der Waals surface area contributed by atoms with Gasteiger partial charge >= 0.3 is 0 Å². The molecule has 92 valence electrons. The highest BCUT2D eigenvalue weighted by Gasteiger charge is 2.23. The maximum Gasteiger partial charge on any atom is 0.163 e. The summed E-state index contributed by atoms with van der Waals surface area (Å²) >= 11 is 0. The van der Waals surface area contributed by atoms with E-state index in [1.807, 2.05) is 23.7 Å². The third-order valence-electron chi connectivity index (χ3n) is 3.64. The molecule has 0 fully saturated rings. The van der Waals surface area contributed by atoms with Gasteiger partial charge in [0.05, 0.1) is 5.69 Å². The largest absolute Gasteiger partial charge is 0.294 e. The van der Waals surface area contributed by atoms with Crippen molar-refractivity contribution in [1.29, 1.82) is 0 Å². The zero-order chi connectivity index (χ0) is 12.7. The molecule has 0 amide bonds. The van der Waals surface area contributed by atoms with E-state index in [0.29, 0.717) is 6.42 Å². The second kappa shape index (κ2) is 4.09. The highest BCUT2D eigenvalue weighted by Crippen LogP contribution is 2.33. The Bertz CT molecular complexity index is 625. The maximum atomic E-state index is 11.8. The first-order valence-electron chi connectivity index (χ1n) is 6.40. The van der Waals surface area contributed by atoms with Crippen LogP contribution >= 0.6 is 0 Å². The molecule has 1 heterocycles.